The summed E-state index contributed by atoms with van der Waals surface area (Å²) in [5.41, 5.74) is 0.940. The van der Waals surface area contributed by atoms with Crippen molar-refractivity contribution in [3.05, 3.63) is 21.1 Å². The Kier molecular flexibility index (Phi) is 4.13. The van der Waals surface area contributed by atoms with Crippen LogP contribution in [0, 0.1) is 0 Å². The molecule has 0 atom stereocenters. The van der Waals surface area contributed by atoms with Crippen molar-refractivity contribution in [2.75, 3.05) is 0 Å². The summed E-state index contributed by atoms with van der Waals surface area (Å²) in [5.74, 6) is 0.805. The number of nitrogens with zero attached hydrogens (tertiary/aromatic N) is 2. The van der Waals surface area contributed by atoms with E-state index >= 15 is 0 Å². The SMILES string of the molecule is CCCc1nc(C(C)(C)C)nc(Cl)c1Br. The third-order valence-electron chi connectivity index (χ3n) is 2.04. The topological polar surface area (TPSA) is 25.8 Å². The van der Waals surface area contributed by atoms with Gasteiger partial charge in [-0.25, -0.2) is 9.97 Å². The van der Waals surface area contributed by atoms with E-state index in [4.69, 9.17) is 11.6 Å². The molecule has 0 unspecified atom stereocenters. The lowest BCUT2D eigenvalue weighted by Crippen LogP contribution is -2.17. The first-order chi connectivity index (χ1) is 6.86. The number of halogens is 2. The first-order valence-corrected chi connectivity index (χ1v) is 6.25. The Hall–Kier alpha value is -0.150. The molecule has 0 radical (unpaired) electrons. The second-order valence-corrected chi connectivity index (χ2v) is 5.75. The molecule has 0 aliphatic rings. The summed E-state index contributed by atoms with van der Waals surface area (Å²) < 4.78 is 0.832. The van der Waals surface area contributed by atoms with Crippen LogP contribution in [0.4, 0.5) is 0 Å². The van der Waals surface area contributed by atoms with Gasteiger partial charge in [0.2, 0.25) is 0 Å². The molecule has 2 nitrogen and oxygen atoms in total. The largest absolute Gasteiger partial charge is 0.236 e. The second-order valence-electron chi connectivity index (χ2n) is 4.60. The average Bonchev–Trinajstić information content (AvgIpc) is 2.11. The standard InChI is InChI=1S/C11H16BrClN2/c1-5-6-7-8(12)9(13)15-10(14-7)11(2,3)4/h5-6H2,1-4H3. The van der Waals surface area contributed by atoms with Gasteiger partial charge in [-0.1, -0.05) is 45.7 Å². The number of rotatable bonds is 2. The summed E-state index contributed by atoms with van der Waals surface area (Å²) in [4.78, 5) is 8.85. The zero-order valence-electron chi connectivity index (χ0n) is 9.56. The molecule has 4 heteroatoms. The van der Waals surface area contributed by atoms with E-state index in [9.17, 15) is 0 Å². The molecular weight excluding hydrogens is 275 g/mol. The molecule has 15 heavy (non-hydrogen) atoms. The summed E-state index contributed by atoms with van der Waals surface area (Å²) in [6, 6.07) is 0. The highest BCUT2D eigenvalue weighted by Crippen LogP contribution is 2.28. The van der Waals surface area contributed by atoms with Gasteiger partial charge in [0.1, 0.15) is 11.0 Å². The molecule has 0 saturated heterocycles. The number of hydrogen-bond acceptors (Lipinski definition) is 2. The number of aryl methyl sites for hydroxylation is 1. The minimum absolute atomic E-state index is 0.0627. The molecule has 0 spiro atoms. The van der Waals surface area contributed by atoms with Crippen LogP contribution in [0.5, 0.6) is 0 Å². The minimum atomic E-state index is -0.0627. The predicted octanol–water partition coefficient (Wildman–Crippen LogP) is 4.14. The van der Waals surface area contributed by atoms with Gasteiger partial charge in [0.05, 0.1) is 10.2 Å². The van der Waals surface area contributed by atoms with E-state index in [2.05, 4.69) is 53.6 Å². The molecule has 0 saturated carbocycles. The first kappa shape index (κ1) is 12.9. The van der Waals surface area contributed by atoms with Gasteiger partial charge in [0.25, 0.3) is 0 Å². The van der Waals surface area contributed by atoms with Crippen LogP contribution in [0.2, 0.25) is 5.15 Å². The average molecular weight is 292 g/mol. The molecule has 1 rings (SSSR count). The van der Waals surface area contributed by atoms with Crippen molar-refractivity contribution in [3.8, 4) is 0 Å². The molecule has 0 aliphatic heterocycles. The number of aromatic nitrogens is 2. The molecule has 0 bridgehead atoms. The highest BCUT2D eigenvalue weighted by molar-refractivity contribution is 9.10. The maximum atomic E-state index is 6.06. The number of hydrogen-bond donors (Lipinski definition) is 0. The zero-order valence-corrected chi connectivity index (χ0v) is 11.9. The monoisotopic (exact) mass is 290 g/mol. The summed E-state index contributed by atoms with van der Waals surface area (Å²) in [6.07, 6.45) is 1.97. The molecule has 0 aliphatic carbocycles. The van der Waals surface area contributed by atoms with Gasteiger partial charge < -0.3 is 0 Å². The highest BCUT2D eigenvalue weighted by atomic mass is 79.9. The Bertz CT molecular complexity index is 358. The molecule has 0 N–H and O–H groups in total. The maximum Gasteiger partial charge on any atom is 0.147 e. The summed E-state index contributed by atoms with van der Waals surface area (Å²) in [6.45, 7) is 8.38. The van der Waals surface area contributed by atoms with Crippen molar-refractivity contribution in [2.24, 2.45) is 0 Å². The van der Waals surface area contributed by atoms with Crippen molar-refractivity contribution in [3.63, 3.8) is 0 Å². The molecule has 0 aromatic carbocycles. The smallest absolute Gasteiger partial charge is 0.147 e. The van der Waals surface area contributed by atoms with Crippen molar-refractivity contribution < 1.29 is 0 Å². The third-order valence-corrected chi connectivity index (χ3v) is 3.37. The Balaban J connectivity index is 3.23. The van der Waals surface area contributed by atoms with Crippen molar-refractivity contribution >= 4 is 27.5 Å². The first-order valence-electron chi connectivity index (χ1n) is 5.08. The molecular formula is C11H16BrClN2. The fraction of sp³-hybridized carbons (Fsp3) is 0.636. The van der Waals surface area contributed by atoms with E-state index in [0.717, 1.165) is 28.8 Å². The summed E-state index contributed by atoms with van der Waals surface area (Å²) in [5, 5.41) is 0.512. The van der Waals surface area contributed by atoms with Gasteiger partial charge in [0, 0.05) is 5.41 Å². The Morgan fingerprint density at radius 2 is 1.87 bits per heavy atom. The Morgan fingerprint density at radius 3 is 2.33 bits per heavy atom. The van der Waals surface area contributed by atoms with Crippen LogP contribution in [0.1, 0.15) is 45.6 Å². The Morgan fingerprint density at radius 1 is 1.27 bits per heavy atom. The fourth-order valence-electron chi connectivity index (χ4n) is 1.20. The molecule has 1 aromatic rings. The predicted molar refractivity (Wildman–Crippen MR) is 67.4 cm³/mol. The lowest BCUT2D eigenvalue weighted by Gasteiger charge is -2.18. The van der Waals surface area contributed by atoms with E-state index in [0.29, 0.717) is 5.15 Å². The molecule has 0 fully saturated rings. The van der Waals surface area contributed by atoms with Crippen LogP contribution in [-0.4, -0.2) is 9.97 Å². The van der Waals surface area contributed by atoms with Crippen molar-refractivity contribution in [1.29, 1.82) is 0 Å². The van der Waals surface area contributed by atoms with Crippen molar-refractivity contribution in [2.45, 2.75) is 46.0 Å². The van der Waals surface area contributed by atoms with Crippen LogP contribution in [0.15, 0.2) is 4.47 Å². The lowest BCUT2D eigenvalue weighted by atomic mass is 9.95. The van der Waals surface area contributed by atoms with Crippen LogP contribution in [0.3, 0.4) is 0 Å². The Labute approximate surface area is 105 Å². The third kappa shape index (κ3) is 3.15. The van der Waals surface area contributed by atoms with Gasteiger partial charge in [-0.2, -0.15) is 0 Å². The normalized spacial score (nSPS) is 11.9. The summed E-state index contributed by atoms with van der Waals surface area (Å²) in [7, 11) is 0. The second kappa shape index (κ2) is 4.79. The molecule has 1 heterocycles. The van der Waals surface area contributed by atoms with Crippen LogP contribution in [-0.2, 0) is 11.8 Å². The molecule has 84 valence electrons. The fourth-order valence-corrected chi connectivity index (χ4v) is 1.77. The van der Waals surface area contributed by atoms with E-state index in [1.54, 1.807) is 0 Å². The van der Waals surface area contributed by atoms with Crippen LogP contribution >= 0.6 is 27.5 Å². The molecule has 0 amide bonds. The van der Waals surface area contributed by atoms with Gasteiger partial charge in [0.15, 0.2) is 0 Å². The lowest BCUT2D eigenvalue weighted by molar-refractivity contribution is 0.540. The van der Waals surface area contributed by atoms with E-state index < -0.39 is 0 Å². The van der Waals surface area contributed by atoms with E-state index in [1.165, 1.54) is 0 Å². The van der Waals surface area contributed by atoms with Gasteiger partial charge in [-0.3, -0.25) is 0 Å². The van der Waals surface area contributed by atoms with E-state index in [-0.39, 0.29) is 5.41 Å². The van der Waals surface area contributed by atoms with Gasteiger partial charge in [-0.05, 0) is 22.4 Å². The van der Waals surface area contributed by atoms with Crippen LogP contribution in [0.25, 0.3) is 0 Å². The quantitative estimate of drug-likeness (QED) is 0.765. The van der Waals surface area contributed by atoms with Crippen molar-refractivity contribution in [1.82, 2.24) is 9.97 Å². The van der Waals surface area contributed by atoms with Crippen LogP contribution < -0.4 is 0 Å². The van der Waals surface area contributed by atoms with Gasteiger partial charge >= 0.3 is 0 Å². The summed E-state index contributed by atoms with van der Waals surface area (Å²) >= 11 is 9.49. The molecule has 1 aromatic heterocycles. The minimum Gasteiger partial charge on any atom is -0.236 e. The highest BCUT2D eigenvalue weighted by Gasteiger charge is 2.20. The van der Waals surface area contributed by atoms with Gasteiger partial charge in [-0.15, -0.1) is 0 Å². The maximum absolute atomic E-state index is 6.06. The van der Waals surface area contributed by atoms with E-state index in [1.807, 2.05) is 0 Å². The zero-order chi connectivity index (χ0) is 11.6.